The van der Waals surface area contributed by atoms with Crippen LogP contribution in [-0.2, 0) is 4.74 Å². The van der Waals surface area contributed by atoms with Gasteiger partial charge in [-0.25, -0.2) is 9.37 Å². The Hall–Kier alpha value is -1.80. The van der Waals surface area contributed by atoms with E-state index < -0.39 is 0 Å². The van der Waals surface area contributed by atoms with Crippen LogP contribution in [0.4, 0.5) is 15.8 Å². The summed E-state index contributed by atoms with van der Waals surface area (Å²) in [7, 11) is 0. The zero-order chi connectivity index (χ0) is 18.9. The first-order valence-electron chi connectivity index (χ1n) is 9.93. The van der Waals surface area contributed by atoms with Gasteiger partial charge in [0.1, 0.15) is 5.52 Å². The predicted octanol–water partition coefficient (Wildman–Crippen LogP) is 0.510. The van der Waals surface area contributed by atoms with Crippen LogP contribution in [0.25, 0.3) is 20.4 Å². The van der Waals surface area contributed by atoms with Gasteiger partial charge < -0.3 is 32.3 Å². The van der Waals surface area contributed by atoms with Crippen LogP contribution in [0.3, 0.4) is 0 Å². The third kappa shape index (κ3) is 4.23. The first kappa shape index (κ1) is 20.5. The second kappa shape index (κ2) is 8.92. The van der Waals surface area contributed by atoms with Gasteiger partial charge in [-0.2, -0.15) is 0 Å². The average molecular weight is 435 g/mol. The van der Waals surface area contributed by atoms with Crippen molar-refractivity contribution in [2.45, 2.75) is 6.42 Å². The molecule has 154 valence electrons. The zero-order valence-electron chi connectivity index (χ0n) is 16.2. The molecule has 1 aromatic heterocycles. The maximum atomic E-state index is 14.9. The number of halogens is 2. The van der Waals surface area contributed by atoms with Gasteiger partial charge >= 0.3 is 0 Å². The topological polar surface area (TPSA) is 40.6 Å². The van der Waals surface area contributed by atoms with Gasteiger partial charge in [0, 0.05) is 56.2 Å². The fraction of sp³-hybridized carbons (Fsp3) is 0.429. The van der Waals surface area contributed by atoms with Crippen molar-refractivity contribution in [3.05, 3.63) is 36.1 Å². The highest BCUT2D eigenvalue weighted by molar-refractivity contribution is 7.24. The lowest BCUT2D eigenvalue weighted by atomic mass is 10.2. The number of ether oxygens (including phenoxy) is 1. The van der Waals surface area contributed by atoms with E-state index in [-0.39, 0.29) is 18.2 Å². The Labute approximate surface area is 179 Å². The van der Waals surface area contributed by atoms with Crippen molar-refractivity contribution in [1.29, 1.82) is 0 Å². The van der Waals surface area contributed by atoms with Gasteiger partial charge in [-0.1, -0.05) is 0 Å². The fourth-order valence-electron chi connectivity index (χ4n) is 3.97. The molecular formula is C21H24ClFN4OS. The number of hydrogen-bond acceptors (Lipinski definition) is 5. The zero-order valence-corrected chi connectivity index (χ0v) is 17.7. The van der Waals surface area contributed by atoms with Crippen molar-refractivity contribution in [3.8, 4) is 0 Å². The Morgan fingerprint density at radius 2 is 1.72 bits per heavy atom. The molecule has 3 aromatic rings. The van der Waals surface area contributed by atoms with E-state index >= 15 is 0 Å². The molecule has 2 aliphatic heterocycles. The molecule has 3 heterocycles. The third-order valence-corrected chi connectivity index (χ3v) is 6.57. The Morgan fingerprint density at radius 3 is 2.59 bits per heavy atom. The molecule has 5 rings (SSSR count). The minimum Gasteiger partial charge on any atom is -1.00 e. The van der Waals surface area contributed by atoms with Crippen LogP contribution in [0.1, 0.15) is 6.42 Å². The van der Waals surface area contributed by atoms with E-state index in [0.717, 1.165) is 79.5 Å². The molecule has 0 saturated carbocycles. The van der Waals surface area contributed by atoms with Crippen LogP contribution >= 0.6 is 11.3 Å². The Kier molecular flexibility index (Phi) is 6.29. The van der Waals surface area contributed by atoms with Crippen molar-refractivity contribution in [2.24, 2.45) is 0 Å². The van der Waals surface area contributed by atoms with E-state index in [0.29, 0.717) is 5.52 Å². The van der Waals surface area contributed by atoms with Crippen LogP contribution in [-0.4, -0.2) is 57.5 Å². The summed E-state index contributed by atoms with van der Waals surface area (Å²) in [6.07, 6.45) is 1.07. The van der Waals surface area contributed by atoms with Crippen LogP contribution in [0, 0.1) is 5.82 Å². The molecule has 0 spiro atoms. The highest BCUT2D eigenvalue weighted by Gasteiger charge is 2.21. The van der Waals surface area contributed by atoms with Crippen LogP contribution < -0.4 is 27.5 Å². The Bertz CT molecular complexity index is 1010. The monoisotopic (exact) mass is 434 g/mol. The van der Waals surface area contributed by atoms with E-state index in [9.17, 15) is 4.39 Å². The van der Waals surface area contributed by atoms with Crippen LogP contribution in [0.2, 0.25) is 0 Å². The summed E-state index contributed by atoms with van der Waals surface area (Å²) in [6, 6.07) is 10.0. The molecule has 0 aliphatic carbocycles. The lowest BCUT2D eigenvalue weighted by Crippen LogP contribution is -3.00. The molecule has 0 atom stereocenters. The van der Waals surface area contributed by atoms with Crippen molar-refractivity contribution >= 4 is 43.1 Å². The highest BCUT2D eigenvalue weighted by atomic mass is 35.5. The molecule has 0 unspecified atom stereocenters. The second-order valence-corrected chi connectivity index (χ2v) is 8.41. The summed E-state index contributed by atoms with van der Waals surface area (Å²) < 4.78 is 22.3. The molecule has 1 N–H and O–H groups in total. The predicted molar refractivity (Wildman–Crippen MR) is 114 cm³/mol. The van der Waals surface area contributed by atoms with Crippen molar-refractivity contribution in [2.75, 3.05) is 62.3 Å². The second-order valence-electron chi connectivity index (χ2n) is 7.33. The van der Waals surface area contributed by atoms with Gasteiger partial charge in [-0.3, -0.25) is 0 Å². The molecule has 2 aromatic carbocycles. The number of morpholine rings is 1. The molecule has 2 aliphatic rings. The lowest BCUT2D eigenvalue weighted by molar-refractivity contribution is -0.00000681. The van der Waals surface area contributed by atoms with E-state index in [1.807, 2.05) is 6.07 Å². The number of benzene rings is 2. The number of hydrogen-bond donors (Lipinski definition) is 1. The normalized spacial score (nSPS) is 18.0. The highest BCUT2D eigenvalue weighted by Crippen LogP contribution is 2.33. The summed E-state index contributed by atoms with van der Waals surface area (Å²) in [5.41, 5.74) is 3.45. The van der Waals surface area contributed by atoms with E-state index in [1.165, 1.54) is 5.69 Å². The quantitative estimate of drug-likeness (QED) is 0.470. The van der Waals surface area contributed by atoms with Gasteiger partial charge in [0.25, 0.3) is 9.40 Å². The molecule has 2 fully saturated rings. The maximum absolute atomic E-state index is 14.9. The number of anilines is 2. The van der Waals surface area contributed by atoms with Crippen LogP contribution in [0.15, 0.2) is 30.3 Å². The maximum Gasteiger partial charge on any atom is 0.262 e. The molecule has 2 saturated heterocycles. The van der Waals surface area contributed by atoms with Crippen molar-refractivity contribution in [1.82, 2.24) is 10.3 Å². The minimum atomic E-state index is -0.236. The first-order chi connectivity index (χ1) is 13.8. The summed E-state index contributed by atoms with van der Waals surface area (Å²) in [5, 5.41) is 3.40. The molecule has 29 heavy (non-hydrogen) atoms. The van der Waals surface area contributed by atoms with Gasteiger partial charge in [0.15, 0.2) is 11.3 Å². The van der Waals surface area contributed by atoms with Crippen molar-refractivity contribution in [3.63, 3.8) is 0 Å². The third-order valence-electron chi connectivity index (χ3n) is 5.49. The molecule has 0 bridgehead atoms. The van der Waals surface area contributed by atoms with Gasteiger partial charge in [0.2, 0.25) is 11.3 Å². The van der Waals surface area contributed by atoms with Gasteiger partial charge in [-0.15, -0.1) is 0 Å². The summed E-state index contributed by atoms with van der Waals surface area (Å²) in [5.74, 6) is -0.236. The number of aromatic nitrogens is 1. The lowest BCUT2D eigenvalue weighted by Gasteiger charge is -2.28. The fourth-order valence-corrected chi connectivity index (χ4v) is 5.02. The smallest absolute Gasteiger partial charge is 0.262 e. The standard InChI is InChI=1S/C21H24FN4OS.ClH/c22-17-12-16(25-6-1-4-23-5-7-25)14-20-21(17)24-18-3-2-15(13-19(18)28-20)26-8-10-27-11-9-26;/h2-3,12-14,23H,1,4-11H2;1H/q+1;/p-1. The molecule has 0 amide bonds. The largest absolute Gasteiger partial charge is 1.00 e. The minimum absolute atomic E-state index is 0. The number of rotatable bonds is 2. The number of nitrogens with zero attached hydrogens (tertiary/aromatic N) is 3. The molecular weight excluding hydrogens is 411 g/mol. The molecule has 5 nitrogen and oxygen atoms in total. The summed E-state index contributed by atoms with van der Waals surface area (Å²) in [4.78, 5) is 9.23. The SMILES string of the molecule is Fc1cc(N2CCCNCC2)cc2[s+]c3cc(N4CCOCC4)ccc3nc12.[Cl-]. The number of nitrogens with one attached hydrogen (secondary N) is 1. The average Bonchev–Trinajstić information content (AvgIpc) is 3.02. The van der Waals surface area contributed by atoms with Crippen molar-refractivity contribution < 1.29 is 21.5 Å². The molecule has 8 heteroatoms. The summed E-state index contributed by atoms with van der Waals surface area (Å²) >= 11 is 1.62. The summed E-state index contributed by atoms with van der Waals surface area (Å²) in [6.45, 7) is 7.13. The first-order valence-corrected chi connectivity index (χ1v) is 10.8. The number of fused-ring (bicyclic) bond motifs is 2. The van der Waals surface area contributed by atoms with E-state index in [1.54, 1.807) is 17.4 Å². The Morgan fingerprint density at radius 1 is 0.931 bits per heavy atom. The molecule has 0 radical (unpaired) electrons. The Balaban J connectivity index is 0.00000205. The van der Waals surface area contributed by atoms with E-state index in [2.05, 4.69) is 38.3 Å². The van der Waals surface area contributed by atoms with Gasteiger partial charge in [-0.05, 0) is 31.2 Å². The van der Waals surface area contributed by atoms with Crippen LogP contribution in [0.5, 0.6) is 0 Å². The van der Waals surface area contributed by atoms with Gasteiger partial charge in [0.05, 0.1) is 13.2 Å². The van der Waals surface area contributed by atoms with E-state index in [4.69, 9.17) is 4.74 Å².